The number of rotatable bonds is 4. The average molecular weight is 564 g/mol. The summed E-state index contributed by atoms with van der Waals surface area (Å²) in [6, 6.07) is 7.15. The maximum absolute atomic E-state index is 14.5. The van der Waals surface area contributed by atoms with Gasteiger partial charge in [0.15, 0.2) is 0 Å². The van der Waals surface area contributed by atoms with Gasteiger partial charge in [0.05, 0.1) is 23.2 Å². The Balaban J connectivity index is 1.16. The SMILES string of the molecule is CC1(C)CCN([C@H]2C[C@@H](N3C(=O)C4(CCN(C(=O)C5CCO5)CC4)c4ccc(B5OC(C)(C)C(C)(C)O5)cc43)C2)C1. The maximum atomic E-state index is 14.5. The van der Waals surface area contributed by atoms with Gasteiger partial charge in [-0.3, -0.25) is 14.5 Å². The minimum absolute atomic E-state index is 0.0834. The Morgan fingerprint density at radius 2 is 1.59 bits per heavy atom. The van der Waals surface area contributed by atoms with Crippen LogP contribution in [0, 0.1) is 5.41 Å². The molecule has 0 aromatic heterocycles. The molecule has 9 heteroatoms. The molecule has 0 bridgehead atoms. The predicted octanol–water partition coefficient (Wildman–Crippen LogP) is 3.24. The molecule has 7 rings (SSSR count). The largest absolute Gasteiger partial charge is 0.494 e. The number of nitrogens with zero attached hydrogens (tertiary/aromatic N) is 3. The van der Waals surface area contributed by atoms with Crippen molar-refractivity contribution >= 4 is 30.1 Å². The summed E-state index contributed by atoms with van der Waals surface area (Å²) < 4.78 is 18.3. The Morgan fingerprint density at radius 3 is 2.15 bits per heavy atom. The lowest BCUT2D eigenvalue weighted by Crippen LogP contribution is -2.58. The van der Waals surface area contributed by atoms with Crippen molar-refractivity contribution in [1.82, 2.24) is 9.80 Å². The van der Waals surface area contributed by atoms with E-state index in [1.807, 2.05) is 4.90 Å². The summed E-state index contributed by atoms with van der Waals surface area (Å²) in [6.07, 6.45) is 5.08. The first-order chi connectivity index (χ1) is 19.3. The molecule has 1 saturated carbocycles. The van der Waals surface area contributed by atoms with Crippen LogP contribution in [-0.2, 0) is 29.0 Å². The highest BCUT2D eigenvalue weighted by Gasteiger charge is 2.57. The van der Waals surface area contributed by atoms with E-state index < -0.39 is 23.7 Å². The second-order valence-electron chi connectivity index (χ2n) is 15.3. The smallest absolute Gasteiger partial charge is 0.399 e. The summed E-state index contributed by atoms with van der Waals surface area (Å²) in [5.41, 5.74) is 2.03. The van der Waals surface area contributed by atoms with Crippen LogP contribution in [0.5, 0.6) is 0 Å². The third-order valence-electron chi connectivity index (χ3n) is 11.5. The Bertz CT molecular complexity index is 1230. The van der Waals surface area contributed by atoms with Crippen LogP contribution in [0.15, 0.2) is 18.2 Å². The molecule has 1 aliphatic carbocycles. The lowest BCUT2D eigenvalue weighted by molar-refractivity contribution is -0.158. The molecule has 4 saturated heterocycles. The second kappa shape index (κ2) is 9.28. The number of carbonyl (C=O) groups is 2. The zero-order valence-electron chi connectivity index (χ0n) is 25.7. The van der Waals surface area contributed by atoms with E-state index in [9.17, 15) is 9.59 Å². The van der Waals surface area contributed by atoms with E-state index in [-0.39, 0.29) is 24.0 Å². The van der Waals surface area contributed by atoms with Crippen LogP contribution in [0.2, 0.25) is 0 Å². The van der Waals surface area contributed by atoms with Gasteiger partial charge >= 0.3 is 7.12 Å². The number of hydrogen-bond acceptors (Lipinski definition) is 6. The van der Waals surface area contributed by atoms with Gasteiger partial charge < -0.3 is 23.8 Å². The van der Waals surface area contributed by atoms with Gasteiger partial charge in [-0.2, -0.15) is 0 Å². The standard InChI is InChI=1S/C32H46BN3O5/c1-29(2)10-13-35(20-29)22-18-23(19-22)36-25-17-21(33-40-30(3,4)31(5,6)41-33)7-8-24(25)32(28(36)38)11-14-34(15-12-32)27(37)26-9-16-39-26/h7-8,17,22-23,26H,9-16,18-20H2,1-6H3/t22-,23+,26?. The molecule has 1 aromatic carbocycles. The maximum Gasteiger partial charge on any atom is 0.494 e. The van der Waals surface area contributed by atoms with Gasteiger partial charge in [-0.15, -0.1) is 0 Å². The van der Waals surface area contributed by atoms with Crippen molar-refractivity contribution in [3.8, 4) is 0 Å². The van der Waals surface area contributed by atoms with E-state index in [1.54, 1.807) is 0 Å². The molecule has 0 N–H and O–H groups in total. The Morgan fingerprint density at radius 1 is 0.927 bits per heavy atom. The molecule has 1 unspecified atom stereocenters. The number of ether oxygens (including phenoxy) is 1. The third kappa shape index (κ3) is 4.32. The van der Waals surface area contributed by atoms with Crippen molar-refractivity contribution in [3.63, 3.8) is 0 Å². The van der Waals surface area contributed by atoms with Crippen molar-refractivity contribution in [1.29, 1.82) is 0 Å². The van der Waals surface area contributed by atoms with Gasteiger partial charge in [-0.1, -0.05) is 26.0 Å². The minimum atomic E-state index is -0.582. The van der Waals surface area contributed by atoms with E-state index in [2.05, 4.69) is 69.5 Å². The lowest BCUT2D eigenvalue weighted by atomic mass is 9.71. The number of hydrogen-bond donors (Lipinski definition) is 0. The van der Waals surface area contributed by atoms with E-state index in [1.165, 1.54) is 6.42 Å². The monoisotopic (exact) mass is 563 g/mol. The molecule has 2 amide bonds. The topological polar surface area (TPSA) is 71.6 Å². The van der Waals surface area contributed by atoms with Gasteiger partial charge in [0.25, 0.3) is 5.91 Å². The second-order valence-corrected chi connectivity index (χ2v) is 15.3. The van der Waals surface area contributed by atoms with Crippen LogP contribution in [0.4, 0.5) is 5.69 Å². The van der Waals surface area contributed by atoms with Crippen molar-refractivity contribution < 1.29 is 23.6 Å². The molecule has 5 heterocycles. The fourth-order valence-corrected chi connectivity index (χ4v) is 7.86. The molecule has 1 atom stereocenters. The van der Waals surface area contributed by atoms with Crippen molar-refractivity contribution in [3.05, 3.63) is 23.8 Å². The quantitative estimate of drug-likeness (QED) is 0.524. The molecular formula is C32H46BN3O5. The summed E-state index contributed by atoms with van der Waals surface area (Å²) >= 11 is 0. The van der Waals surface area contributed by atoms with Gasteiger partial charge in [-0.25, -0.2) is 0 Å². The zero-order chi connectivity index (χ0) is 28.9. The summed E-state index contributed by atoms with van der Waals surface area (Å²) in [4.78, 5) is 34.1. The first-order valence-corrected chi connectivity index (χ1v) is 15.8. The molecule has 1 aromatic rings. The van der Waals surface area contributed by atoms with Crippen molar-refractivity contribution in [2.45, 2.75) is 115 Å². The normalized spacial score (nSPS) is 33.2. The van der Waals surface area contributed by atoms with Crippen LogP contribution >= 0.6 is 0 Å². The summed E-state index contributed by atoms with van der Waals surface area (Å²) in [7, 11) is -0.471. The Labute approximate surface area is 245 Å². The fraction of sp³-hybridized carbons (Fsp3) is 0.750. The molecular weight excluding hydrogens is 517 g/mol. The van der Waals surface area contributed by atoms with Crippen LogP contribution in [0.25, 0.3) is 0 Å². The minimum Gasteiger partial charge on any atom is -0.399 e. The molecule has 6 aliphatic rings. The molecule has 5 aliphatic heterocycles. The summed E-state index contributed by atoms with van der Waals surface area (Å²) in [5.74, 6) is 0.302. The van der Waals surface area contributed by atoms with E-state index in [4.69, 9.17) is 14.0 Å². The number of anilines is 1. The predicted molar refractivity (Wildman–Crippen MR) is 158 cm³/mol. The molecule has 8 nitrogen and oxygen atoms in total. The Hall–Kier alpha value is -1.94. The summed E-state index contributed by atoms with van der Waals surface area (Å²) in [6.45, 7) is 17.1. The van der Waals surface area contributed by atoms with Gasteiger partial charge in [0.2, 0.25) is 5.91 Å². The number of benzene rings is 1. The lowest BCUT2D eigenvalue weighted by Gasteiger charge is -2.47. The zero-order valence-corrected chi connectivity index (χ0v) is 25.7. The first-order valence-electron chi connectivity index (χ1n) is 15.8. The number of carbonyl (C=O) groups excluding carboxylic acids is 2. The highest BCUT2D eigenvalue weighted by Crippen LogP contribution is 2.51. The molecule has 1 spiro atoms. The number of piperidine rings is 1. The average Bonchev–Trinajstić information content (AvgIpc) is 3.40. The summed E-state index contributed by atoms with van der Waals surface area (Å²) in [5, 5.41) is 0. The molecule has 5 fully saturated rings. The molecule has 0 radical (unpaired) electrons. The number of amides is 2. The van der Waals surface area contributed by atoms with Gasteiger partial charge in [0.1, 0.15) is 6.10 Å². The third-order valence-corrected chi connectivity index (χ3v) is 11.5. The van der Waals surface area contributed by atoms with Crippen LogP contribution in [0.1, 0.15) is 85.6 Å². The fourth-order valence-electron chi connectivity index (χ4n) is 7.86. The van der Waals surface area contributed by atoms with Crippen molar-refractivity contribution in [2.75, 3.05) is 37.7 Å². The van der Waals surface area contributed by atoms with Gasteiger partial charge in [0, 0.05) is 43.8 Å². The van der Waals surface area contributed by atoms with Gasteiger partial charge in [-0.05, 0) is 88.9 Å². The number of fused-ring (bicyclic) bond motifs is 2. The number of likely N-dealkylation sites (tertiary alicyclic amines) is 2. The van der Waals surface area contributed by atoms with Crippen LogP contribution in [-0.4, -0.2) is 90.9 Å². The molecule has 41 heavy (non-hydrogen) atoms. The Kier molecular flexibility index (Phi) is 6.31. The van der Waals surface area contributed by atoms with E-state index in [0.29, 0.717) is 44.0 Å². The van der Waals surface area contributed by atoms with Crippen molar-refractivity contribution in [2.24, 2.45) is 5.41 Å². The van der Waals surface area contributed by atoms with Crippen LogP contribution < -0.4 is 10.4 Å². The molecule has 222 valence electrons. The van der Waals surface area contributed by atoms with E-state index >= 15 is 0 Å². The highest BCUT2D eigenvalue weighted by molar-refractivity contribution is 6.62. The van der Waals surface area contributed by atoms with E-state index in [0.717, 1.165) is 49.1 Å². The van der Waals surface area contributed by atoms with Crippen LogP contribution in [0.3, 0.4) is 0 Å². The highest BCUT2D eigenvalue weighted by atomic mass is 16.7. The first kappa shape index (κ1) is 27.9.